The van der Waals surface area contributed by atoms with Crippen LogP contribution in [0.25, 0.3) is 11.4 Å². The van der Waals surface area contributed by atoms with Crippen molar-refractivity contribution in [2.45, 2.75) is 24.9 Å². The zero-order valence-corrected chi connectivity index (χ0v) is 21.6. The molecule has 1 saturated heterocycles. The van der Waals surface area contributed by atoms with Crippen LogP contribution in [-0.2, 0) is 25.8 Å². The van der Waals surface area contributed by atoms with Gasteiger partial charge < -0.3 is 30.3 Å². The molecular formula is C22H20N8O6S2. The number of aliphatic carboxylic acids is 1. The number of rotatable bonds is 8. The summed E-state index contributed by atoms with van der Waals surface area (Å²) in [5.41, 5.74) is 6.64. The van der Waals surface area contributed by atoms with E-state index < -0.39 is 29.2 Å². The number of nitrogens with zero attached hydrogens (tertiary/aromatic N) is 6. The number of carboxylic acid groups (broad SMARTS) is 1. The zero-order valence-electron chi connectivity index (χ0n) is 20.0. The predicted molar refractivity (Wildman–Crippen MR) is 132 cm³/mol. The zero-order chi connectivity index (χ0) is 27.0. The van der Waals surface area contributed by atoms with Gasteiger partial charge in [-0.1, -0.05) is 10.3 Å². The second kappa shape index (κ2) is 10.2. The molecular weight excluding hydrogens is 536 g/mol. The van der Waals surface area contributed by atoms with Crippen molar-refractivity contribution in [1.82, 2.24) is 25.3 Å². The lowest BCUT2D eigenvalue weighted by atomic mass is 10.0. The summed E-state index contributed by atoms with van der Waals surface area (Å²) in [5.74, 6) is -1.65. The SMILES string of the molecule is CO/N=C(\C(=O)N[C@@H]1C(=O)N2C(C(=O)[O-])=C(C[n+]3cccc(-c4noc(C)n4)c3)CS[C@@H]12)c1csc(N)n1. The van der Waals surface area contributed by atoms with E-state index in [2.05, 4.69) is 25.6 Å². The second-order valence-electron chi connectivity index (χ2n) is 8.20. The van der Waals surface area contributed by atoms with Crippen LogP contribution >= 0.6 is 23.1 Å². The van der Waals surface area contributed by atoms with Gasteiger partial charge in [0.1, 0.15) is 24.2 Å². The summed E-state index contributed by atoms with van der Waals surface area (Å²) in [6.45, 7) is 1.87. The monoisotopic (exact) mass is 556 g/mol. The number of nitrogen functional groups attached to an aromatic ring is 1. The fourth-order valence-electron chi connectivity index (χ4n) is 4.08. The number of oxime groups is 1. The van der Waals surface area contributed by atoms with Crippen LogP contribution < -0.4 is 20.7 Å². The van der Waals surface area contributed by atoms with Gasteiger partial charge in [0.2, 0.25) is 11.7 Å². The van der Waals surface area contributed by atoms with E-state index in [4.69, 9.17) is 15.1 Å². The van der Waals surface area contributed by atoms with Gasteiger partial charge in [0.05, 0.1) is 17.2 Å². The average Bonchev–Trinajstić information content (AvgIpc) is 3.53. The standard InChI is InChI=1S/C22H20N8O6S2/c1-10-24-17(28-36-10)11-4-3-5-29(6-11)7-12-8-37-20-15(19(32)30(20)16(12)21(33)34)26-18(31)14(27-35-2)13-9-38-22(23)25-13/h3-6,9,15,20H,7-8H2,1-2H3,(H3-,23,25,26,31,33,34)/b27-14-/t15-,20+/m1/s1. The summed E-state index contributed by atoms with van der Waals surface area (Å²) >= 11 is 2.45. The minimum atomic E-state index is -1.48. The van der Waals surface area contributed by atoms with Gasteiger partial charge in [-0.3, -0.25) is 14.5 Å². The molecule has 0 unspecified atom stereocenters. The Balaban J connectivity index is 1.35. The summed E-state index contributed by atoms with van der Waals surface area (Å²) in [7, 11) is 1.27. The van der Waals surface area contributed by atoms with E-state index in [0.717, 1.165) is 16.2 Å². The highest BCUT2D eigenvalue weighted by atomic mass is 32.2. The van der Waals surface area contributed by atoms with Crippen molar-refractivity contribution < 1.29 is 33.4 Å². The van der Waals surface area contributed by atoms with E-state index in [1.54, 1.807) is 36.0 Å². The smallest absolute Gasteiger partial charge is 0.276 e. The molecule has 3 aromatic rings. The Bertz CT molecular complexity index is 1500. The molecule has 0 aromatic carbocycles. The number of pyridine rings is 1. The summed E-state index contributed by atoms with van der Waals surface area (Å²) in [6, 6.07) is 2.60. The summed E-state index contributed by atoms with van der Waals surface area (Å²) < 4.78 is 6.79. The fraction of sp³-hybridized carbons (Fsp3) is 0.273. The first-order chi connectivity index (χ1) is 18.3. The van der Waals surface area contributed by atoms with Crippen LogP contribution in [0.1, 0.15) is 11.6 Å². The molecule has 2 aliphatic rings. The van der Waals surface area contributed by atoms with Gasteiger partial charge in [-0.25, -0.2) is 9.55 Å². The van der Waals surface area contributed by atoms with E-state index in [1.165, 1.54) is 24.3 Å². The summed E-state index contributed by atoms with van der Waals surface area (Å²) in [5, 5.41) is 23.5. The minimum absolute atomic E-state index is 0.156. The molecule has 196 valence electrons. The predicted octanol–water partition coefficient (Wildman–Crippen LogP) is -1.17. The third-order valence-electron chi connectivity index (χ3n) is 5.71. The number of anilines is 1. The first kappa shape index (κ1) is 25.3. The summed E-state index contributed by atoms with van der Waals surface area (Å²) in [6.07, 6.45) is 3.51. The molecule has 0 spiro atoms. The van der Waals surface area contributed by atoms with E-state index in [1.807, 2.05) is 0 Å². The highest BCUT2D eigenvalue weighted by Crippen LogP contribution is 2.40. The van der Waals surface area contributed by atoms with E-state index in [0.29, 0.717) is 28.6 Å². The lowest BCUT2D eigenvalue weighted by molar-refractivity contribution is -0.688. The van der Waals surface area contributed by atoms with Gasteiger partial charge in [0.15, 0.2) is 29.8 Å². The Morgan fingerprint density at radius 2 is 2.24 bits per heavy atom. The first-order valence-electron chi connectivity index (χ1n) is 11.1. The largest absolute Gasteiger partial charge is 0.543 e. The molecule has 38 heavy (non-hydrogen) atoms. The number of thioether (sulfide) groups is 1. The van der Waals surface area contributed by atoms with E-state index in [9.17, 15) is 19.5 Å². The van der Waals surface area contributed by atoms with Crippen molar-refractivity contribution >= 4 is 51.7 Å². The Labute approximate surface area is 223 Å². The number of carboxylic acids is 1. The first-order valence-corrected chi connectivity index (χ1v) is 13.0. The molecule has 5 heterocycles. The number of thiazole rings is 1. The highest BCUT2D eigenvalue weighted by molar-refractivity contribution is 8.00. The second-order valence-corrected chi connectivity index (χ2v) is 10.2. The van der Waals surface area contributed by atoms with Crippen molar-refractivity contribution in [3.8, 4) is 11.4 Å². The van der Waals surface area contributed by atoms with Crippen LogP contribution in [0, 0.1) is 6.92 Å². The van der Waals surface area contributed by atoms with Gasteiger partial charge >= 0.3 is 0 Å². The quantitative estimate of drug-likeness (QED) is 0.147. The molecule has 16 heteroatoms. The molecule has 5 rings (SSSR count). The normalized spacial score (nSPS) is 19.2. The number of hydrogen-bond donors (Lipinski definition) is 2. The topological polar surface area (TPSA) is 193 Å². The molecule has 0 aliphatic carbocycles. The van der Waals surface area contributed by atoms with Crippen LogP contribution in [0.5, 0.6) is 0 Å². The average molecular weight is 557 g/mol. The lowest BCUT2D eigenvalue weighted by Crippen LogP contribution is -2.71. The number of amides is 2. The molecule has 2 atom stereocenters. The van der Waals surface area contributed by atoms with Gasteiger partial charge in [0.25, 0.3) is 11.8 Å². The number of hydrogen-bond acceptors (Lipinski definition) is 13. The number of nitrogens with two attached hydrogens (primary N) is 1. The number of carbonyl (C=O) groups is 3. The van der Waals surface area contributed by atoms with Gasteiger partial charge in [0, 0.05) is 29.7 Å². The maximum Gasteiger partial charge on any atom is 0.276 e. The van der Waals surface area contributed by atoms with Gasteiger partial charge in [-0.15, -0.1) is 23.1 Å². The third kappa shape index (κ3) is 4.70. The minimum Gasteiger partial charge on any atom is -0.543 e. The Kier molecular flexibility index (Phi) is 6.81. The number of aryl methyl sites for hydroxylation is 1. The van der Waals surface area contributed by atoms with Crippen LogP contribution in [0.2, 0.25) is 0 Å². The van der Waals surface area contributed by atoms with E-state index in [-0.39, 0.29) is 28.8 Å². The molecule has 1 fully saturated rings. The molecule has 0 radical (unpaired) electrons. The van der Waals surface area contributed by atoms with Crippen molar-refractivity contribution in [3.63, 3.8) is 0 Å². The number of carbonyl (C=O) groups excluding carboxylic acids is 3. The molecule has 2 amide bonds. The summed E-state index contributed by atoms with van der Waals surface area (Å²) in [4.78, 5) is 52.2. The van der Waals surface area contributed by atoms with Crippen LogP contribution in [0.15, 0.2) is 50.9 Å². The molecule has 2 aliphatic heterocycles. The lowest BCUT2D eigenvalue weighted by Gasteiger charge is -2.50. The van der Waals surface area contributed by atoms with Crippen LogP contribution in [0.3, 0.4) is 0 Å². The van der Waals surface area contributed by atoms with Crippen molar-refractivity contribution in [2.75, 3.05) is 18.6 Å². The number of fused-ring (bicyclic) bond motifs is 1. The van der Waals surface area contributed by atoms with Gasteiger partial charge in [-0.2, -0.15) is 4.98 Å². The molecule has 3 N–H and O–H groups in total. The Hall–Kier alpha value is -4.31. The van der Waals surface area contributed by atoms with E-state index >= 15 is 0 Å². The molecule has 3 aromatic heterocycles. The van der Waals surface area contributed by atoms with Crippen molar-refractivity contribution in [1.29, 1.82) is 0 Å². The van der Waals surface area contributed by atoms with Crippen molar-refractivity contribution in [2.24, 2.45) is 5.16 Å². The molecule has 14 nitrogen and oxygen atoms in total. The maximum atomic E-state index is 13.0. The number of aromatic nitrogens is 4. The van der Waals surface area contributed by atoms with Gasteiger partial charge in [-0.05, 0) is 6.07 Å². The number of β-lactam (4-membered cyclic amide) rings is 1. The van der Waals surface area contributed by atoms with Crippen LogP contribution in [0.4, 0.5) is 5.13 Å². The maximum absolute atomic E-state index is 13.0. The molecule has 0 bridgehead atoms. The van der Waals surface area contributed by atoms with Crippen molar-refractivity contribution in [3.05, 3.63) is 52.8 Å². The Morgan fingerprint density at radius 3 is 2.89 bits per heavy atom. The molecule has 0 saturated carbocycles. The Morgan fingerprint density at radius 1 is 1.42 bits per heavy atom. The fourth-order valence-corrected chi connectivity index (χ4v) is 5.97. The van der Waals surface area contributed by atoms with Crippen LogP contribution in [-0.4, -0.2) is 67.8 Å². The number of nitrogens with one attached hydrogen (secondary N) is 1. The third-order valence-corrected chi connectivity index (χ3v) is 7.72. The highest BCUT2D eigenvalue weighted by Gasteiger charge is 2.53.